The Kier molecular flexibility index (Phi) is 4.85. The number of rotatable bonds is 5. The lowest BCUT2D eigenvalue weighted by molar-refractivity contribution is -0.114. The molecule has 112 valence electrons. The maximum absolute atomic E-state index is 13.8. The molecule has 0 fully saturated rings. The lowest BCUT2D eigenvalue weighted by Crippen LogP contribution is -2.45. The van der Waals surface area contributed by atoms with Crippen molar-refractivity contribution in [2.45, 2.75) is 31.2 Å². The molecule has 0 aliphatic rings. The van der Waals surface area contributed by atoms with Gasteiger partial charge in [-0.05, 0) is 32.0 Å². The summed E-state index contributed by atoms with van der Waals surface area (Å²) in [4.78, 5) is 10.4. The Labute approximate surface area is 117 Å². The molecule has 0 unspecified atom stereocenters. The monoisotopic (exact) mass is 303 g/mol. The second kappa shape index (κ2) is 5.86. The van der Waals surface area contributed by atoms with Gasteiger partial charge in [0.2, 0.25) is 15.9 Å². The Hall–Kier alpha value is -1.51. The summed E-state index contributed by atoms with van der Waals surface area (Å²) in [5.41, 5.74) is 5.11. The van der Waals surface area contributed by atoms with Crippen LogP contribution in [0.1, 0.15) is 20.8 Å². The second-order valence-corrected chi connectivity index (χ2v) is 6.87. The third-order valence-electron chi connectivity index (χ3n) is 2.26. The molecule has 1 aromatic carbocycles. The zero-order valence-electron chi connectivity index (χ0n) is 11.5. The number of anilines is 1. The first-order valence-electron chi connectivity index (χ1n) is 5.87. The maximum Gasteiger partial charge on any atom is 0.243 e. The van der Waals surface area contributed by atoms with E-state index in [0.29, 0.717) is 0 Å². The summed E-state index contributed by atoms with van der Waals surface area (Å²) in [6.07, 6.45) is 0. The van der Waals surface area contributed by atoms with Crippen molar-refractivity contribution in [2.24, 2.45) is 5.73 Å². The number of carbonyl (C=O) groups is 1. The molecule has 1 amide bonds. The summed E-state index contributed by atoms with van der Waals surface area (Å²) in [6.45, 7) is 4.53. The van der Waals surface area contributed by atoms with Gasteiger partial charge in [-0.25, -0.2) is 17.5 Å². The third kappa shape index (κ3) is 4.87. The van der Waals surface area contributed by atoms with Crippen LogP contribution >= 0.6 is 0 Å². The van der Waals surface area contributed by atoms with Crippen LogP contribution in [0, 0.1) is 5.82 Å². The number of hydrogen-bond donors (Lipinski definition) is 3. The standard InChI is InChI=1S/C12H18FN3O3S/c1-8(17)16-9-4-5-11(10(13)6-9)20(18,19)15-7-12(2,3)14/h4-6,15H,7,14H2,1-3H3,(H,16,17). The molecule has 0 atom stereocenters. The first-order chi connectivity index (χ1) is 9.01. The van der Waals surface area contributed by atoms with Crippen LogP contribution < -0.4 is 15.8 Å². The fourth-order valence-electron chi connectivity index (χ4n) is 1.36. The molecule has 0 saturated carbocycles. The van der Waals surface area contributed by atoms with E-state index in [4.69, 9.17) is 5.73 Å². The first kappa shape index (κ1) is 16.5. The van der Waals surface area contributed by atoms with Crippen LogP contribution in [-0.2, 0) is 14.8 Å². The van der Waals surface area contributed by atoms with E-state index in [1.807, 2.05) is 0 Å². The average molecular weight is 303 g/mol. The van der Waals surface area contributed by atoms with Gasteiger partial charge in [-0.2, -0.15) is 0 Å². The van der Waals surface area contributed by atoms with Crippen molar-refractivity contribution >= 4 is 21.6 Å². The number of amides is 1. The second-order valence-electron chi connectivity index (χ2n) is 5.14. The molecule has 0 aliphatic heterocycles. The van der Waals surface area contributed by atoms with E-state index < -0.39 is 26.3 Å². The molecule has 0 aromatic heterocycles. The van der Waals surface area contributed by atoms with Crippen molar-refractivity contribution < 1.29 is 17.6 Å². The van der Waals surface area contributed by atoms with E-state index in [0.717, 1.165) is 12.1 Å². The molecule has 0 aliphatic carbocycles. The van der Waals surface area contributed by atoms with E-state index in [9.17, 15) is 17.6 Å². The number of nitrogens with two attached hydrogens (primary N) is 1. The van der Waals surface area contributed by atoms with Crippen LogP contribution in [0.15, 0.2) is 23.1 Å². The topological polar surface area (TPSA) is 101 Å². The van der Waals surface area contributed by atoms with Gasteiger partial charge in [0.25, 0.3) is 0 Å². The summed E-state index contributed by atoms with van der Waals surface area (Å²) >= 11 is 0. The molecule has 4 N–H and O–H groups in total. The summed E-state index contributed by atoms with van der Waals surface area (Å²) < 4.78 is 39.9. The lowest BCUT2D eigenvalue weighted by Gasteiger charge is -2.19. The highest BCUT2D eigenvalue weighted by Crippen LogP contribution is 2.19. The normalized spacial score (nSPS) is 12.2. The lowest BCUT2D eigenvalue weighted by atomic mass is 10.1. The average Bonchev–Trinajstić information content (AvgIpc) is 2.24. The SMILES string of the molecule is CC(=O)Nc1ccc(S(=O)(=O)NCC(C)(C)N)c(F)c1. The maximum atomic E-state index is 13.8. The minimum absolute atomic E-state index is 0.0256. The summed E-state index contributed by atoms with van der Waals surface area (Å²) in [6, 6.07) is 3.35. The Balaban J connectivity index is 2.99. The summed E-state index contributed by atoms with van der Waals surface area (Å²) in [7, 11) is -3.99. The molecule has 8 heteroatoms. The largest absolute Gasteiger partial charge is 0.326 e. The first-order valence-corrected chi connectivity index (χ1v) is 7.35. The number of nitrogens with one attached hydrogen (secondary N) is 2. The van der Waals surface area contributed by atoms with Gasteiger partial charge in [-0.1, -0.05) is 0 Å². The fraction of sp³-hybridized carbons (Fsp3) is 0.417. The van der Waals surface area contributed by atoms with E-state index >= 15 is 0 Å². The summed E-state index contributed by atoms with van der Waals surface area (Å²) in [5, 5.41) is 2.37. The van der Waals surface area contributed by atoms with Crippen molar-refractivity contribution in [3.05, 3.63) is 24.0 Å². The number of halogens is 1. The van der Waals surface area contributed by atoms with Crippen LogP contribution in [0.3, 0.4) is 0 Å². The molecule has 1 aromatic rings. The van der Waals surface area contributed by atoms with Crippen LogP contribution in [0.25, 0.3) is 0 Å². The van der Waals surface area contributed by atoms with Crippen LogP contribution in [-0.4, -0.2) is 26.4 Å². The minimum atomic E-state index is -3.99. The molecule has 6 nitrogen and oxygen atoms in total. The predicted octanol–water partition coefficient (Wildman–Crippen LogP) is 0.800. The highest BCUT2D eigenvalue weighted by Gasteiger charge is 2.22. The van der Waals surface area contributed by atoms with Gasteiger partial charge in [-0.15, -0.1) is 0 Å². The van der Waals surface area contributed by atoms with Crippen molar-refractivity contribution in [3.8, 4) is 0 Å². The molecule has 0 saturated heterocycles. The van der Waals surface area contributed by atoms with Gasteiger partial charge >= 0.3 is 0 Å². The van der Waals surface area contributed by atoms with Gasteiger partial charge in [0.15, 0.2) is 0 Å². The van der Waals surface area contributed by atoms with Crippen molar-refractivity contribution in [1.29, 1.82) is 0 Å². The molecule has 0 radical (unpaired) electrons. The highest BCUT2D eigenvalue weighted by molar-refractivity contribution is 7.89. The van der Waals surface area contributed by atoms with Crippen molar-refractivity contribution in [2.75, 3.05) is 11.9 Å². The Bertz CT molecular complexity index is 609. The zero-order valence-corrected chi connectivity index (χ0v) is 12.3. The Morgan fingerprint density at radius 3 is 2.45 bits per heavy atom. The number of carbonyl (C=O) groups excluding carboxylic acids is 1. The van der Waals surface area contributed by atoms with Crippen LogP contribution in [0.5, 0.6) is 0 Å². The van der Waals surface area contributed by atoms with Gasteiger partial charge in [0.1, 0.15) is 10.7 Å². The van der Waals surface area contributed by atoms with Gasteiger partial charge in [0, 0.05) is 24.7 Å². The number of benzene rings is 1. The third-order valence-corrected chi connectivity index (χ3v) is 3.69. The number of hydrogen-bond acceptors (Lipinski definition) is 4. The molecular weight excluding hydrogens is 285 g/mol. The predicted molar refractivity (Wildman–Crippen MR) is 74.2 cm³/mol. The Morgan fingerprint density at radius 1 is 1.40 bits per heavy atom. The quantitative estimate of drug-likeness (QED) is 0.749. The van der Waals surface area contributed by atoms with Crippen molar-refractivity contribution in [3.63, 3.8) is 0 Å². The molecule has 0 heterocycles. The summed E-state index contributed by atoms with van der Waals surface area (Å²) in [5.74, 6) is -1.32. The van der Waals surface area contributed by atoms with E-state index in [1.54, 1.807) is 13.8 Å². The fourth-order valence-corrected chi connectivity index (χ4v) is 2.64. The highest BCUT2D eigenvalue weighted by atomic mass is 32.2. The molecule has 20 heavy (non-hydrogen) atoms. The number of sulfonamides is 1. The molecular formula is C12H18FN3O3S. The van der Waals surface area contributed by atoms with E-state index in [1.165, 1.54) is 13.0 Å². The van der Waals surface area contributed by atoms with Crippen molar-refractivity contribution in [1.82, 2.24) is 4.72 Å². The van der Waals surface area contributed by atoms with Gasteiger partial charge in [0.05, 0.1) is 0 Å². The van der Waals surface area contributed by atoms with Crippen LogP contribution in [0.4, 0.5) is 10.1 Å². The zero-order chi connectivity index (χ0) is 15.6. The van der Waals surface area contributed by atoms with Crippen LogP contribution in [0.2, 0.25) is 0 Å². The molecule has 0 spiro atoms. The Morgan fingerprint density at radius 2 is 2.00 bits per heavy atom. The smallest absolute Gasteiger partial charge is 0.243 e. The van der Waals surface area contributed by atoms with E-state index in [2.05, 4.69) is 10.0 Å². The molecule has 0 bridgehead atoms. The molecule has 1 rings (SSSR count). The van der Waals surface area contributed by atoms with Gasteiger partial charge < -0.3 is 11.1 Å². The van der Waals surface area contributed by atoms with E-state index in [-0.39, 0.29) is 18.1 Å². The minimum Gasteiger partial charge on any atom is -0.326 e. The van der Waals surface area contributed by atoms with Gasteiger partial charge in [-0.3, -0.25) is 4.79 Å².